The Morgan fingerprint density at radius 3 is 2.03 bits per heavy atom. The van der Waals surface area contributed by atoms with Gasteiger partial charge in [-0.2, -0.15) is 0 Å². The Balaban J connectivity index is 0.00000289. The molecule has 0 unspecified atom stereocenters. The second-order valence-corrected chi connectivity index (χ2v) is 10.0. The van der Waals surface area contributed by atoms with E-state index in [1.807, 2.05) is 79.9 Å². The number of aromatic nitrogens is 2. The van der Waals surface area contributed by atoms with E-state index in [0.29, 0.717) is 21.3 Å². The van der Waals surface area contributed by atoms with E-state index in [1.54, 1.807) is 6.07 Å². The molecule has 1 N–H and O–H groups in total. The molecule has 1 amide bonds. The van der Waals surface area contributed by atoms with Gasteiger partial charge in [-0.05, 0) is 67.0 Å². The van der Waals surface area contributed by atoms with Gasteiger partial charge < -0.3 is 5.32 Å². The van der Waals surface area contributed by atoms with Crippen LogP contribution >= 0.6 is 51.5 Å². The lowest BCUT2D eigenvalue weighted by molar-refractivity contribution is 0.0919. The molecule has 0 radical (unpaired) electrons. The molecule has 0 aliphatic carbocycles. The van der Waals surface area contributed by atoms with E-state index in [9.17, 15) is 4.79 Å². The Kier molecular flexibility index (Phi) is 7.25. The van der Waals surface area contributed by atoms with Crippen molar-refractivity contribution in [1.82, 2.24) is 14.7 Å². The summed E-state index contributed by atoms with van der Waals surface area (Å²) in [5.74, 6) is -0.154. The van der Waals surface area contributed by atoms with Crippen molar-refractivity contribution in [3.05, 3.63) is 80.9 Å². The lowest BCUT2D eigenvalue weighted by atomic mass is 10.0. The van der Waals surface area contributed by atoms with Gasteiger partial charge in [0.15, 0.2) is 5.65 Å². The molecule has 8 heteroatoms. The smallest absolute Gasteiger partial charge is 0.253 e. The van der Waals surface area contributed by atoms with Crippen molar-refractivity contribution in [2.45, 2.75) is 26.3 Å². The Morgan fingerprint density at radius 1 is 0.969 bits per heavy atom. The van der Waals surface area contributed by atoms with Gasteiger partial charge in [-0.3, -0.25) is 9.20 Å². The van der Waals surface area contributed by atoms with E-state index in [-0.39, 0.29) is 23.9 Å². The number of nitrogens with one attached hydrogen (secondary N) is 1. The number of fused-ring (bicyclic) bond motifs is 1. The van der Waals surface area contributed by atoms with Crippen molar-refractivity contribution < 1.29 is 4.79 Å². The van der Waals surface area contributed by atoms with Gasteiger partial charge in [0.05, 0.1) is 21.4 Å². The number of carbonyl (C=O) groups is 1. The number of hydrogen-bond acceptors (Lipinski definition) is 2. The maximum absolute atomic E-state index is 12.9. The van der Waals surface area contributed by atoms with Crippen molar-refractivity contribution in [1.29, 1.82) is 0 Å². The molecular weight excluding hydrogens is 533 g/mol. The maximum Gasteiger partial charge on any atom is 0.253 e. The monoisotopic (exact) mass is 551 g/mol. The SMILES string of the molecule is CC(C)(C)NC(=O)c1cc(Br)c2nc(-c3ccc(Cl)cc3)c(-c3ccc(Cl)cc3)n2c1.Cl. The van der Waals surface area contributed by atoms with Crippen molar-refractivity contribution >= 4 is 63.1 Å². The van der Waals surface area contributed by atoms with Crippen molar-refractivity contribution in [2.24, 2.45) is 0 Å². The summed E-state index contributed by atoms with van der Waals surface area (Å²) in [5.41, 5.74) is 4.40. The van der Waals surface area contributed by atoms with E-state index < -0.39 is 0 Å². The molecule has 0 fully saturated rings. The molecule has 2 aromatic heterocycles. The molecule has 4 aromatic rings. The molecule has 0 aliphatic rings. The lowest BCUT2D eigenvalue weighted by Crippen LogP contribution is -2.40. The molecule has 4 rings (SSSR count). The minimum Gasteiger partial charge on any atom is -0.347 e. The summed E-state index contributed by atoms with van der Waals surface area (Å²) < 4.78 is 2.67. The lowest BCUT2D eigenvalue weighted by Gasteiger charge is -2.20. The molecule has 0 bridgehead atoms. The second kappa shape index (κ2) is 9.44. The zero-order valence-electron chi connectivity index (χ0n) is 17.6. The summed E-state index contributed by atoms with van der Waals surface area (Å²) in [6.45, 7) is 5.86. The first-order chi connectivity index (χ1) is 14.6. The summed E-state index contributed by atoms with van der Waals surface area (Å²) in [7, 11) is 0. The van der Waals surface area contributed by atoms with Crippen molar-refractivity contribution in [2.75, 3.05) is 0 Å². The Labute approximate surface area is 211 Å². The van der Waals surface area contributed by atoms with E-state index in [0.717, 1.165) is 27.0 Å². The fraction of sp³-hybridized carbons (Fsp3) is 0.167. The van der Waals surface area contributed by atoms with Crippen LogP contribution in [0.15, 0.2) is 65.3 Å². The van der Waals surface area contributed by atoms with E-state index >= 15 is 0 Å². The molecule has 0 spiro atoms. The van der Waals surface area contributed by atoms with Crippen molar-refractivity contribution in [3.63, 3.8) is 0 Å². The zero-order valence-corrected chi connectivity index (χ0v) is 21.5. The van der Waals surface area contributed by atoms with Gasteiger partial charge in [0, 0.05) is 32.9 Å². The van der Waals surface area contributed by atoms with Gasteiger partial charge in [0.1, 0.15) is 0 Å². The van der Waals surface area contributed by atoms with E-state index in [1.165, 1.54) is 0 Å². The highest BCUT2D eigenvalue weighted by atomic mass is 79.9. The molecule has 0 aliphatic heterocycles. The molecule has 2 aromatic carbocycles. The van der Waals surface area contributed by atoms with Crippen LogP contribution in [0, 0.1) is 0 Å². The van der Waals surface area contributed by atoms with E-state index in [2.05, 4.69) is 21.2 Å². The average molecular weight is 554 g/mol. The third-order valence-electron chi connectivity index (χ3n) is 4.66. The first-order valence-corrected chi connectivity index (χ1v) is 11.2. The fourth-order valence-electron chi connectivity index (χ4n) is 3.33. The van der Waals surface area contributed by atoms with Gasteiger partial charge in [0.25, 0.3) is 5.91 Å². The molecule has 2 heterocycles. The van der Waals surface area contributed by atoms with Crippen LogP contribution < -0.4 is 5.32 Å². The number of rotatable bonds is 3. The summed E-state index contributed by atoms with van der Waals surface area (Å²) in [6.07, 6.45) is 1.82. The Bertz CT molecular complexity index is 1280. The van der Waals surface area contributed by atoms with Gasteiger partial charge in [-0.25, -0.2) is 4.98 Å². The number of imidazole rings is 1. The van der Waals surface area contributed by atoms with Crippen LogP contribution in [0.4, 0.5) is 0 Å². The molecule has 4 nitrogen and oxygen atoms in total. The average Bonchev–Trinajstić information content (AvgIpc) is 3.08. The van der Waals surface area contributed by atoms with Crippen LogP contribution in [0.2, 0.25) is 10.0 Å². The van der Waals surface area contributed by atoms with Gasteiger partial charge in [0.2, 0.25) is 0 Å². The summed E-state index contributed by atoms with van der Waals surface area (Å²) in [4.78, 5) is 17.8. The maximum atomic E-state index is 12.9. The number of amides is 1. The highest BCUT2D eigenvalue weighted by Gasteiger charge is 2.21. The molecule has 166 valence electrons. The molecular formula is C24H21BrCl3N3O. The Hall–Kier alpha value is -2.05. The predicted molar refractivity (Wildman–Crippen MR) is 138 cm³/mol. The minimum absolute atomic E-state index is 0. The highest BCUT2D eigenvalue weighted by Crippen LogP contribution is 2.36. The normalized spacial score (nSPS) is 11.3. The third-order valence-corrected chi connectivity index (χ3v) is 5.75. The van der Waals surface area contributed by atoms with Crippen LogP contribution in [-0.2, 0) is 0 Å². The predicted octanol–water partition coefficient (Wildman–Crippen LogP) is 7.69. The largest absolute Gasteiger partial charge is 0.347 e. The Morgan fingerprint density at radius 2 is 1.50 bits per heavy atom. The van der Waals surface area contributed by atoms with Crippen LogP contribution in [0.5, 0.6) is 0 Å². The molecule has 0 atom stereocenters. The van der Waals surface area contributed by atoms with Crippen LogP contribution in [0.25, 0.3) is 28.2 Å². The van der Waals surface area contributed by atoms with Gasteiger partial charge >= 0.3 is 0 Å². The number of nitrogens with zero attached hydrogens (tertiary/aromatic N) is 2. The molecule has 0 saturated carbocycles. The number of carbonyl (C=O) groups excluding carboxylic acids is 1. The number of hydrogen-bond donors (Lipinski definition) is 1. The quantitative estimate of drug-likeness (QED) is 0.283. The van der Waals surface area contributed by atoms with E-state index in [4.69, 9.17) is 28.2 Å². The summed E-state index contributed by atoms with van der Waals surface area (Å²) in [6, 6.07) is 16.9. The second-order valence-electron chi connectivity index (χ2n) is 8.30. The minimum atomic E-state index is -0.346. The van der Waals surface area contributed by atoms with Crippen molar-refractivity contribution in [3.8, 4) is 22.5 Å². The van der Waals surface area contributed by atoms with Crippen LogP contribution in [-0.4, -0.2) is 20.8 Å². The zero-order chi connectivity index (χ0) is 22.3. The number of pyridine rings is 1. The summed E-state index contributed by atoms with van der Waals surface area (Å²) in [5, 5.41) is 4.32. The van der Waals surface area contributed by atoms with Crippen LogP contribution in [0.1, 0.15) is 31.1 Å². The highest BCUT2D eigenvalue weighted by molar-refractivity contribution is 9.10. The number of benzene rings is 2. The topological polar surface area (TPSA) is 46.4 Å². The first kappa shape index (κ1) is 24.6. The first-order valence-electron chi connectivity index (χ1n) is 9.68. The summed E-state index contributed by atoms with van der Waals surface area (Å²) >= 11 is 15.8. The van der Waals surface area contributed by atoms with Crippen LogP contribution in [0.3, 0.4) is 0 Å². The van der Waals surface area contributed by atoms with Gasteiger partial charge in [-0.1, -0.05) is 47.5 Å². The standard InChI is InChI=1S/C24H20BrCl2N3O.ClH/c1-24(2,3)29-23(31)16-12-19(25)22-28-20(14-4-8-17(26)9-5-14)21(30(22)13-16)15-6-10-18(27)11-7-15;/h4-13H,1-3H3,(H,29,31);1H. The third kappa shape index (κ3) is 5.12. The van der Waals surface area contributed by atoms with Gasteiger partial charge in [-0.15, -0.1) is 12.4 Å². The fourth-order valence-corrected chi connectivity index (χ4v) is 4.11. The number of halogens is 4. The molecule has 0 saturated heterocycles. The molecule has 32 heavy (non-hydrogen) atoms.